The van der Waals surface area contributed by atoms with Gasteiger partial charge in [0.1, 0.15) is 5.75 Å². The van der Waals surface area contributed by atoms with Crippen LogP contribution in [0.1, 0.15) is 52.0 Å². The number of nitrogens with zero attached hydrogens (tertiary/aromatic N) is 2. The summed E-state index contributed by atoms with van der Waals surface area (Å²) >= 11 is 0. The number of hydrogen-bond donors (Lipinski definition) is 2. The van der Waals surface area contributed by atoms with Crippen molar-refractivity contribution in [1.82, 2.24) is 15.5 Å². The second kappa shape index (κ2) is 10.7. The molecular formula is C23H38N4O. The Hall–Kier alpha value is -1.75. The Labute approximate surface area is 170 Å². The average molecular weight is 387 g/mol. The Morgan fingerprint density at radius 3 is 2.61 bits per heavy atom. The summed E-state index contributed by atoms with van der Waals surface area (Å²) in [7, 11) is 0. The van der Waals surface area contributed by atoms with E-state index in [-0.39, 0.29) is 0 Å². The molecule has 2 aliphatic rings. The third-order valence-corrected chi connectivity index (χ3v) is 5.45. The molecule has 0 spiro atoms. The molecular weight excluding hydrogens is 348 g/mol. The minimum atomic E-state index is 0.502. The Kier molecular flexibility index (Phi) is 8.01. The number of aliphatic imine (C=N–C) groups is 1. The second-order valence-electron chi connectivity index (χ2n) is 8.67. The van der Waals surface area contributed by atoms with E-state index in [0.29, 0.717) is 12.6 Å². The lowest BCUT2D eigenvalue weighted by molar-refractivity contribution is 0.187. The standard InChI is InChI=1S/C23H38N4O/c1-4-24-23(26-21-11-13-27(14-12-21)16-18(2)3)25-15-20-7-5-6-8-22(20)28-17-19-9-10-19/h5-8,18-19,21H,4,9-17H2,1-3H3,(H2,24,25,26). The van der Waals surface area contributed by atoms with E-state index in [1.54, 1.807) is 0 Å². The highest BCUT2D eigenvalue weighted by Crippen LogP contribution is 2.30. The molecule has 0 bridgehead atoms. The van der Waals surface area contributed by atoms with Gasteiger partial charge in [-0.2, -0.15) is 0 Å². The monoisotopic (exact) mass is 386 g/mol. The van der Waals surface area contributed by atoms with Gasteiger partial charge >= 0.3 is 0 Å². The number of para-hydroxylation sites is 1. The number of piperidine rings is 1. The summed E-state index contributed by atoms with van der Waals surface area (Å²) in [4.78, 5) is 7.43. The highest BCUT2D eigenvalue weighted by Gasteiger charge is 2.22. The van der Waals surface area contributed by atoms with Crippen LogP contribution in [0, 0.1) is 11.8 Å². The molecule has 0 unspecified atom stereocenters. The molecule has 0 atom stereocenters. The maximum atomic E-state index is 6.03. The topological polar surface area (TPSA) is 48.9 Å². The van der Waals surface area contributed by atoms with E-state index < -0.39 is 0 Å². The van der Waals surface area contributed by atoms with Crippen molar-refractivity contribution < 1.29 is 4.74 Å². The summed E-state index contributed by atoms with van der Waals surface area (Å²) in [6.45, 7) is 12.6. The van der Waals surface area contributed by atoms with Gasteiger partial charge in [0, 0.05) is 37.8 Å². The Morgan fingerprint density at radius 2 is 1.93 bits per heavy atom. The molecule has 2 fully saturated rings. The summed E-state index contributed by atoms with van der Waals surface area (Å²) in [5, 5.41) is 7.06. The van der Waals surface area contributed by atoms with Crippen LogP contribution in [-0.2, 0) is 6.54 Å². The van der Waals surface area contributed by atoms with Crippen molar-refractivity contribution >= 4 is 5.96 Å². The van der Waals surface area contributed by atoms with E-state index in [2.05, 4.69) is 54.5 Å². The molecule has 28 heavy (non-hydrogen) atoms. The fourth-order valence-electron chi connectivity index (χ4n) is 3.72. The van der Waals surface area contributed by atoms with Crippen molar-refractivity contribution in [3.05, 3.63) is 29.8 Å². The summed E-state index contributed by atoms with van der Waals surface area (Å²) in [5.41, 5.74) is 1.16. The molecule has 5 nitrogen and oxygen atoms in total. The molecule has 1 heterocycles. The van der Waals surface area contributed by atoms with E-state index in [1.165, 1.54) is 45.3 Å². The first-order chi connectivity index (χ1) is 13.6. The number of nitrogens with one attached hydrogen (secondary N) is 2. The van der Waals surface area contributed by atoms with Crippen molar-refractivity contribution in [2.75, 3.05) is 32.8 Å². The summed E-state index contributed by atoms with van der Waals surface area (Å²) in [6, 6.07) is 8.81. The maximum Gasteiger partial charge on any atom is 0.191 e. The van der Waals surface area contributed by atoms with Crippen LogP contribution in [0.4, 0.5) is 0 Å². The zero-order chi connectivity index (χ0) is 19.8. The van der Waals surface area contributed by atoms with Crippen molar-refractivity contribution in [3.63, 3.8) is 0 Å². The molecule has 1 aromatic carbocycles. The lowest BCUT2D eigenvalue weighted by Gasteiger charge is -2.34. The molecule has 1 saturated carbocycles. The van der Waals surface area contributed by atoms with Gasteiger partial charge in [0.25, 0.3) is 0 Å². The minimum Gasteiger partial charge on any atom is -0.493 e. The Balaban J connectivity index is 1.53. The van der Waals surface area contributed by atoms with Gasteiger partial charge in [-0.25, -0.2) is 4.99 Å². The van der Waals surface area contributed by atoms with Crippen molar-refractivity contribution in [3.8, 4) is 5.75 Å². The maximum absolute atomic E-state index is 6.03. The van der Waals surface area contributed by atoms with E-state index in [0.717, 1.165) is 42.3 Å². The summed E-state index contributed by atoms with van der Waals surface area (Å²) in [6.07, 6.45) is 4.98. The van der Waals surface area contributed by atoms with Crippen LogP contribution in [0.2, 0.25) is 0 Å². The van der Waals surface area contributed by atoms with Crippen LogP contribution >= 0.6 is 0 Å². The fourth-order valence-corrected chi connectivity index (χ4v) is 3.72. The number of likely N-dealkylation sites (tertiary alicyclic amines) is 1. The van der Waals surface area contributed by atoms with Crippen LogP contribution in [0.3, 0.4) is 0 Å². The quantitative estimate of drug-likeness (QED) is 0.502. The van der Waals surface area contributed by atoms with Crippen LogP contribution in [0.5, 0.6) is 5.75 Å². The van der Waals surface area contributed by atoms with Crippen molar-refractivity contribution in [2.45, 2.75) is 59.0 Å². The zero-order valence-corrected chi connectivity index (χ0v) is 17.9. The molecule has 3 rings (SSSR count). The molecule has 5 heteroatoms. The molecule has 1 aromatic rings. The number of hydrogen-bond acceptors (Lipinski definition) is 3. The first kappa shape index (κ1) is 21.0. The molecule has 0 radical (unpaired) electrons. The highest BCUT2D eigenvalue weighted by molar-refractivity contribution is 5.80. The van der Waals surface area contributed by atoms with Crippen LogP contribution < -0.4 is 15.4 Å². The van der Waals surface area contributed by atoms with E-state index >= 15 is 0 Å². The van der Waals surface area contributed by atoms with Gasteiger partial charge in [-0.05, 0) is 50.5 Å². The second-order valence-corrected chi connectivity index (χ2v) is 8.67. The van der Waals surface area contributed by atoms with Crippen molar-refractivity contribution in [1.29, 1.82) is 0 Å². The fraction of sp³-hybridized carbons (Fsp3) is 0.696. The molecule has 2 N–H and O–H groups in total. The van der Waals surface area contributed by atoms with Crippen molar-refractivity contribution in [2.24, 2.45) is 16.8 Å². The first-order valence-electron chi connectivity index (χ1n) is 11.1. The number of rotatable bonds is 9. The molecule has 1 aliphatic heterocycles. The van der Waals surface area contributed by atoms with E-state index in [4.69, 9.17) is 9.73 Å². The van der Waals surface area contributed by atoms with Gasteiger partial charge in [0.2, 0.25) is 0 Å². The minimum absolute atomic E-state index is 0.502. The smallest absolute Gasteiger partial charge is 0.191 e. The number of benzene rings is 1. The van der Waals surface area contributed by atoms with Crippen LogP contribution in [0.15, 0.2) is 29.3 Å². The summed E-state index contributed by atoms with van der Waals surface area (Å²) in [5.74, 6) is 3.40. The largest absolute Gasteiger partial charge is 0.493 e. The SMILES string of the molecule is CCNC(=NCc1ccccc1OCC1CC1)NC1CCN(CC(C)C)CC1. The number of guanidine groups is 1. The normalized spacial score (nSPS) is 19.1. The molecule has 1 saturated heterocycles. The molecule has 1 aliphatic carbocycles. The highest BCUT2D eigenvalue weighted by atomic mass is 16.5. The Morgan fingerprint density at radius 1 is 1.18 bits per heavy atom. The predicted octanol–water partition coefficient (Wildman–Crippen LogP) is 3.65. The lowest BCUT2D eigenvalue weighted by atomic mass is 10.0. The van der Waals surface area contributed by atoms with Gasteiger partial charge < -0.3 is 20.3 Å². The summed E-state index contributed by atoms with van der Waals surface area (Å²) < 4.78 is 6.03. The zero-order valence-electron chi connectivity index (χ0n) is 17.9. The average Bonchev–Trinajstić information content (AvgIpc) is 3.51. The van der Waals surface area contributed by atoms with Gasteiger partial charge in [0.05, 0.1) is 13.2 Å². The van der Waals surface area contributed by atoms with Gasteiger partial charge in [0.15, 0.2) is 5.96 Å². The first-order valence-corrected chi connectivity index (χ1v) is 11.1. The Bertz CT molecular complexity index is 619. The third kappa shape index (κ3) is 7.01. The number of ether oxygens (including phenoxy) is 1. The van der Waals surface area contributed by atoms with Gasteiger partial charge in [-0.1, -0.05) is 32.0 Å². The van der Waals surface area contributed by atoms with Crippen LogP contribution in [-0.4, -0.2) is 49.7 Å². The molecule has 0 amide bonds. The predicted molar refractivity (Wildman–Crippen MR) is 117 cm³/mol. The molecule has 156 valence electrons. The van der Waals surface area contributed by atoms with E-state index in [1.807, 2.05) is 6.07 Å². The lowest BCUT2D eigenvalue weighted by Crippen LogP contribution is -2.49. The molecule has 0 aromatic heterocycles. The van der Waals surface area contributed by atoms with Crippen LogP contribution in [0.25, 0.3) is 0 Å². The van der Waals surface area contributed by atoms with Gasteiger partial charge in [-0.15, -0.1) is 0 Å². The van der Waals surface area contributed by atoms with Gasteiger partial charge in [-0.3, -0.25) is 0 Å². The third-order valence-electron chi connectivity index (χ3n) is 5.45. The van der Waals surface area contributed by atoms with E-state index in [9.17, 15) is 0 Å².